The summed E-state index contributed by atoms with van der Waals surface area (Å²) in [4.78, 5) is 20.7. The van der Waals surface area contributed by atoms with Crippen LogP contribution in [0.25, 0.3) is 0 Å². The zero-order valence-corrected chi connectivity index (χ0v) is 35.0. The molecule has 0 aromatic heterocycles. The van der Waals surface area contributed by atoms with Crippen molar-refractivity contribution < 1.29 is 30.0 Å². The molecule has 6 nitrogen and oxygen atoms in total. The molecule has 0 aliphatic rings. The molecule has 0 fully saturated rings. The maximum Gasteiger partial charge on any atom is 0.303 e. The highest BCUT2D eigenvalue weighted by atomic mass is 16.4. The molecular weight excluding hydrogens is 636 g/mol. The molecule has 0 amide bonds. The summed E-state index contributed by atoms with van der Waals surface area (Å²) >= 11 is 0. The first-order valence-corrected chi connectivity index (χ1v) is 22.3. The van der Waals surface area contributed by atoms with E-state index in [1.165, 1.54) is 193 Å². The third-order valence-electron chi connectivity index (χ3n) is 9.84. The lowest BCUT2D eigenvalue weighted by atomic mass is 9.97. The fraction of sp³-hybridized carbons (Fsp3) is 0.956. The van der Waals surface area contributed by atoms with Gasteiger partial charge in [0.1, 0.15) is 0 Å². The number of aliphatic hydroxyl groups is 2. The number of carboxylic acid groups (broad SMARTS) is 2. The van der Waals surface area contributed by atoms with Gasteiger partial charge in [-0.3, -0.25) is 9.59 Å². The number of unbranched alkanes of at least 4 members (excludes halogenated alkanes) is 32. The number of rotatable bonds is 38. The van der Waals surface area contributed by atoms with Crippen LogP contribution >= 0.6 is 0 Å². The minimum Gasteiger partial charge on any atom is -0.481 e. The lowest BCUT2D eigenvalue weighted by Gasteiger charge is -2.16. The summed E-state index contributed by atoms with van der Waals surface area (Å²) in [6.45, 7) is 8.24. The van der Waals surface area contributed by atoms with Crippen LogP contribution in [0, 0.1) is 5.41 Å². The quantitative estimate of drug-likeness (QED) is 0.0470. The van der Waals surface area contributed by atoms with E-state index in [1.807, 2.05) is 0 Å². The smallest absolute Gasteiger partial charge is 0.303 e. The Labute approximate surface area is 318 Å². The lowest BCUT2D eigenvalue weighted by molar-refractivity contribution is -0.138. The molecule has 308 valence electrons. The van der Waals surface area contributed by atoms with Crippen LogP contribution in [0.1, 0.15) is 259 Å². The van der Waals surface area contributed by atoms with Crippen molar-refractivity contribution in [3.8, 4) is 0 Å². The van der Waals surface area contributed by atoms with E-state index in [-0.39, 0.29) is 18.6 Å². The van der Waals surface area contributed by atoms with Crippen molar-refractivity contribution in [1.82, 2.24) is 0 Å². The molecule has 0 aliphatic heterocycles. The van der Waals surface area contributed by atoms with Gasteiger partial charge >= 0.3 is 11.9 Å². The second-order valence-electron chi connectivity index (χ2n) is 16.1. The summed E-state index contributed by atoms with van der Waals surface area (Å²) in [5.41, 5.74) is -0.306. The zero-order valence-electron chi connectivity index (χ0n) is 35.0. The van der Waals surface area contributed by atoms with E-state index in [2.05, 4.69) is 13.8 Å². The second kappa shape index (κ2) is 46.9. The van der Waals surface area contributed by atoms with E-state index in [9.17, 15) is 9.59 Å². The van der Waals surface area contributed by atoms with Crippen molar-refractivity contribution in [2.75, 3.05) is 13.2 Å². The van der Waals surface area contributed by atoms with Crippen molar-refractivity contribution in [2.45, 2.75) is 259 Å². The molecule has 0 bridgehead atoms. The van der Waals surface area contributed by atoms with Crippen molar-refractivity contribution >= 4 is 11.9 Å². The van der Waals surface area contributed by atoms with Gasteiger partial charge in [0.2, 0.25) is 0 Å². The molecule has 0 rings (SSSR count). The van der Waals surface area contributed by atoms with E-state index < -0.39 is 11.9 Å². The van der Waals surface area contributed by atoms with Crippen LogP contribution in [0.3, 0.4) is 0 Å². The Hall–Kier alpha value is -1.14. The molecule has 0 aromatic rings. The summed E-state index contributed by atoms with van der Waals surface area (Å²) in [7, 11) is 0. The van der Waals surface area contributed by atoms with Crippen molar-refractivity contribution in [2.24, 2.45) is 5.41 Å². The molecule has 0 unspecified atom stereocenters. The van der Waals surface area contributed by atoms with Crippen LogP contribution in [0.15, 0.2) is 0 Å². The molecule has 0 saturated carbocycles. The van der Waals surface area contributed by atoms with Crippen molar-refractivity contribution in [3.05, 3.63) is 0 Å². The minimum atomic E-state index is -0.652. The maximum atomic E-state index is 10.4. The Bertz CT molecular complexity index is 611. The van der Waals surface area contributed by atoms with Crippen LogP contribution in [0.5, 0.6) is 0 Å². The predicted molar refractivity (Wildman–Crippen MR) is 221 cm³/mol. The Morgan fingerprint density at radius 1 is 0.333 bits per heavy atom. The molecule has 0 spiro atoms. The number of carbonyl (C=O) groups is 2. The van der Waals surface area contributed by atoms with Gasteiger partial charge in [-0.05, 0) is 12.8 Å². The fourth-order valence-electron chi connectivity index (χ4n) is 6.05. The van der Waals surface area contributed by atoms with Crippen molar-refractivity contribution in [3.63, 3.8) is 0 Å². The number of hydrogen-bond acceptors (Lipinski definition) is 4. The van der Waals surface area contributed by atoms with Crippen LogP contribution < -0.4 is 0 Å². The standard InChI is InChI=1S/2C20H40O2.C5H12O2/c2*1-2-3-4-5-6-7-8-9-10-11-12-13-14-15-16-17-18-19-20(21)22;1-5(2,3-6)4-7/h2*2-19H2,1H3,(H,21,22);6-7H,3-4H2,1-2H3. The van der Waals surface area contributed by atoms with Gasteiger partial charge in [-0.1, -0.05) is 233 Å². The Kier molecular flexibility index (Phi) is 49.8. The maximum absolute atomic E-state index is 10.4. The van der Waals surface area contributed by atoms with Gasteiger partial charge in [0.15, 0.2) is 0 Å². The normalized spacial score (nSPS) is 11.1. The summed E-state index contributed by atoms with van der Waals surface area (Å²) in [5.74, 6) is -1.30. The Morgan fingerprint density at radius 2 is 0.490 bits per heavy atom. The second-order valence-corrected chi connectivity index (χ2v) is 16.1. The molecule has 51 heavy (non-hydrogen) atoms. The van der Waals surface area contributed by atoms with Crippen LogP contribution in [0.2, 0.25) is 0 Å². The topological polar surface area (TPSA) is 115 Å². The van der Waals surface area contributed by atoms with Crippen molar-refractivity contribution in [1.29, 1.82) is 0 Å². The number of aliphatic carboxylic acids is 2. The van der Waals surface area contributed by atoms with Gasteiger partial charge in [-0.15, -0.1) is 0 Å². The van der Waals surface area contributed by atoms with E-state index in [1.54, 1.807) is 13.8 Å². The van der Waals surface area contributed by atoms with Gasteiger partial charge in [0, 0.05) is 18.3 Å². The number of carboxylic acids is 2. The molecule has 6 heteroatoms. The van der Waals surface area contributed by atoms with Crippen LogP contribution in [0.4, 0.5) is 0 Å². The van der Waals surface area contributed by atoms with Crippen LogP contribution in [-0.4, -0.2) is 45.6 Å². The molecule has 0 saturated heterocycles. The van der Waals surface area contributed by atoms with E-state index in [0.29, 0.717) is 12.8 Å². The molecule has 0 heterocycles. The average Bonchev–Trinajstić information content (AvgIpc) is 3.11. The van der Waals surface area contributed by atoms with Gasteiger partial charge in [0.25, 0.3) is 0 Å². The highest BCUT2D eigenvalue weighted by Gasteiger charge is 2.13. The molecule has 0 atom stereocenters. The van der Waals surface area contributed by atoms with E-state index >= 15 is 0 Å². The third-order valence-corrected chi connectivity index (χ3v) is 9.84. The third kappa shape index (κ3) is 58.4. The average molecular weight is 729 g/mol. The Balaban J connectivity index is -0.000000761. The first-order chi connectivity index (χ1) is 24.7. The largest absolute Gasteiger partial charge is 0.481 e. The highest BCUT2D eigenvalue weighted by molar-refractivity contribution is 5.66. The number of hydrogen-bond donors (Lipinski definition) is 4. The SMILES string of the molecule is CC(C)(CO)CO.CCCCCCCCCCCCCCCCCCCC(=O)O.CCCCCCCCCCCCCCCCCCCC(=O)O. The zero-order chi connectivity index (χ0) is 38.5. The van der Waals surface area contributed by atoms with E-state index in [0.717, 1.165) is 25.7 Å². The first-order valence-electron chi connectivity index (χ1n) is 22.3. The monoisotopic (exact) mass is 729 g/mol. The minimum absolute atomic E-state index is 0.0451. The van der Waals surface area contributed by atoms with E-state index in [4.69, 9.17) is 20.4 Å². The molecule has 4 N–H and O–H groups in total. The van der Waals surface area contributed by atoms with Gasteiger partial charge < -0.3 is 20.4 Å². The Morgan fingerprint density at radius 3 is 0.608 bits per heavy atom. The summed E-state index contributed by atoms with van der Waals surface area (Å²) in [5, 5.41) is 33.9. The molecule has 0 aromatic carbocycles. The van der Waals surface area contributed by atoms with Gasteiger partial charge in [-0.2, -0.15) is 0 Å². The summed E-state index contributed by atoms with van der Waals surface area (Å²) in [6, 6.07) is 0. The van der Waals surface area contributed by atoms with Gasteiger partial charge in [0.05, 0.1) is 13.2 Å². The molecule has 0 radical (unpaired) electrons. The fourth-order valence-corrected chi connectivity index (χ4v) is 6.05. The van der Waals surface area contributed by atoms with Crippen LogP contribution in [-0.2, 0) is 9.59 Å². The predicted octanol–water partition coefficient (Wildman–Crippen LogP) is 14.2. The summed E-state index contributed by atoms with van der Waals surface area (Å²) < 4.78 is 0. The summed E-state index contributed by atoms with van der Waals surface area (Å²) in [6.07, 6.45) is 46.3. The molecule has 0 aliphatic carbocycles. The number of aliphatic hydroxyl groups excluding tert-OH is 2. The van der Waals surface area contributed by atoms with Gasteiger partial charge in [-0.25, -0.2) is 0 Å². The lowest BCUT2D eigenvalue weighted by Crippen LogP contribution is -2.20. The highest BCUT2D eigenvalue weighted by Crippen LogP contribution is 2.16. The molecular formula is C45H92O6. The first kappa shape index (κ1) is 54.2.